The average molecular weight is 374 g/mol. The van der Waals surface area contributed by atoms with Crippen LogP contribution in [0.2, 0.25) is 0 Å². The van der Waals surface area contributed by atoms with Crippen LogP contribution in [0.25, 0.3) is 0 Å². The molecule has 0 spiro atoms. The highest BCUT2D eigenvalue weighted by Crippen LogP contribution is 2.21. The minimum Gasteiger partial charge on any atom is -0.325 e. The van der Waals surface area contributed by atoms with E-state index in [0.717, 1.165) is 21.7 Å². The fraction of sp³-hybridized carbons (Fsp3) is 0.533. The summed E-state index contributed by atoms with van der Waals surface area (Å²) in [5.74, 6) is -0.782. The molecule has 2 rings (SSSR count). The predicted molar refractivity (Wildman–Crippen MR) is 93.2 cm³/mol. The maximum absolute atomic E-state index is 12.3. The van der Waals surface area contributed by atoms with Gasteiger partial charge >= 0.3 is 0 Å². The normalized spacial score (nSPS) is 20.2. The van der Waals surface area contributed by atoms with Crippen LogP contribution in [0.1, 0.15) is 17.5 Å². The fourth-order valence-electron chi connectivity index (χ4n) is 2.80. The van der Waals surface area contributed by atoms with Crippen molar-refractivity contribution in [1.82, 2.24) is 4.31 Å². The molecule has 0 radical (unpaired) electrons. The van der Waals surface area contributed by atoms with E-state index in [1.54, 1.807) is 6.07 Å². The van der Waals surface area contributed by atoms with Gasteiger partial charge in [-0.25, -0.2) is 16.8 Å². The molecule has 1 saturated heterocycles. The van der Waals surface area contributed by atoms with Gasteiger partial charge in [0, 0.05) is 11.7 Å². The fourth-order valence-corrected chi connectivity index (χ4v) is 5.70. The second kappa shape index (κ2) is 6.81. The van der Waals surface area contributed by atoms with Gasteiger partial charge in [0.15, 0.2) is 9.84 Å². The Hall–Kier alpha value is -1.45. The molecule has 1 amide bonds. The Kier molecular flexibility index (Phi) is 5.36. The molecule has 0 bridgehead atoms. The summed E-state index contributed by atoms with van der Waals surface area (Å²) in [7, 11) is -6.94. The highest BCUT2D eigenvalue weighted by Gasteiger charge is 2.37. The zero-order valence-electron chi connectivity index (χ0n) is 13.9. The van der Waals surface area contributed by atoms with Crippen LogP contribution in [0.3, 0.4) is 0 Å². The third kappa shape index (κ3) is 4.78. The van der Waals surface area contributed by atoms with Gasteiger partial charge in [0.1, 0.15) is 0 Å². The summed E-state index contributed by atoms with van der Waals surface area (Å²) in [6.07, 6.45) is 1.20. The molecule has 7 nitrogen and oxygen atoms in total. The molecular weight excluding hydrogens is 352 g/mol. The third-order valence-corrected chi connectivity index (χ3v) is 7.03. The molecule has 1 aromatic rings. The summed E-state index contributed by atoms with van der Waals surface area (Å²) >= 11 is 0. The number of nitrogens with zero attached hydrogens (tertiary/aromatic N) is 1. The quantitative estimate of drug-likeness (QED) is 0.817. The number of benzene rings is 1. The monoisotopic (exact) mass is 374 g/mol. The van der Waals surface area contributed by atoms with Crippen LogP contribution in [-0.2, 0) is 24.7 Å². The Morgan fingerprint density at radius 2 is 2.00 bits per heavy atom. The van der Waals surface area contributed by atoms with E-state index in [-0.39, 0.29) is 17.9 Å². The van der Waals surface area contributed by atoms with Gasteiger partial charge < -0.3 is 5.32 Å². The first kappa shape index (κ1) is 18.9. The molecule has 1 atom stereocenters. The number of amides is 1. The number of anilines is 1. The van der Waals surface area contributed by atoms with Crippen molar-refractivity contribution in [2.45, 2.75) is 26.3 Å². The second-order valence-corrected chi connectivity index (χ2v) is 10.4. The number of hydrogen-bond donors (Lipinski definition) is 1. The number of carbonyl (C=O) groups is 1. The molecule has 1 unspecified atom stereocenters. The van der Waals surface area contributed by atoms with Gasteiger partial charge in [-0.3, -0.25) is 4.79 Å². The molecule has 1 N–H and O–H groups in total. The molecule has 134 valence electrons. The van der Waals surface area contributed by atoms with Crippen LogP contribution in [0.4, 0.5) is 5.69 Å². The van der Waals surface area contributed by atoms with Crippen molar-refractivity contribution in [1.29, 1.82) is 0 Å². The molecule has 1 aliphatic rings. The van der Waals surface area contributed by atoms with E-state index in [9.17, 15) is 21.6 Å². The van der Waals surface area contributed by atoms with Crippen LogP contribution in [0, 0.1) is 13.8 Å². The van der Waals surface area contributed by atoms with Crippen molar-refractivity contribution in [2.75, 3.05) is 29.6 Å². The van der Waals surface area contributed by atoms with Crippen LogP contribution >= 0.6 is 0 Å². The number of rotatable bonds is 5. The lowest BCUT2D eigenvalue weighted by Gasteiger charge is -2.25. The molecule has 0 aromatic heterocycles. The summed E-state index contributed by atoms with van der Waals surface area (Å²) in [5, 5.41) is 2.69. The van der Waals surface area contributed by atoms with Crippen molar-refractivity contribution in [2.24, 2.45) is 0 Å². The number of aryl methyl sites for hydroxylation is 2. The molecule has 1 fully saturated rings. The Morgan fingerprint density at radius 3 is 2.50 bits per heavy atom. The van der Waals surface area contributed by atoms with E-state index in [1.807, 2.05) is 26.0 Å². The van der Waals surface area contributed by atoms with E-state index in [1.165, 1.54) is 0 Å². The highest BCUT2D eigenvalue weighted by molar-refractivity contribution is 7.92. The van der Waals surface area contributed by atoms with E-state index >= 15 is 0 Å². The molecular formula is C15H22N2O5S2. The SMILES string of the molecule is Cc1ccc(NC(=O)CN(C2CCS(=O)(=O)C2)S(C)(=O)=O)c(C)c1. The second-order valence-electron chi connectivity index (χ2n) is 6.23. The highest BCUT2D eigenvalue weighted by atomic mass is 32.2. The number of hydrogen-bond acceptors (Lipinski definition) is 5. The summed E-state index contributed by atoms with van der Waals surface area (Å²) in [6, 6.07) is 4.83. The average Bonchev–Trinajstić information content (AvgIpc) is 2.78. The lowest BCUT2D eigenvalue weighted by atomic mass is 10.1. The van der Waals surface area contributed by atoms with Crippen LogP contribution in [0.15, 0.2) is 18.2 Å². The van der Waals surface area contributed by atoms with Gasteiger partial charge in [0.25, 0.3) is 0 Å². The third-order valence-electron chi connectivity index (χ3n) is 4.00. The van der Waals surface area contributed by atoms with Crippen LogP contribution in [-0.4, -0.2) is 57.4 Å². The number of sulfone groups is 1. The standard InChI is InChI=1S/C15H22N2O5S2/c1-11-4-5-14(12(2)8-11)16-15(18)9-17(23(3,19)20)13-6-7-24(21,22)10-13/h4-5,8,13H,6-7,9-10H2,1-3H3,(H,16,18). The predicted octanol–water partition coefficient (Wildman–Crippen LogP) is 0.691. The van der Waals surface area contributed by atoms with Crippen molar-refractivity contribution >= 4 is 31.5 Å². The molecule has 9 heteroatoms. The Bertz CT molecular complexity index is 847. The summed E-state index contributed by atoms with van der Waals surface area (Å²) < 4.78 is 48.2. The van der Waals surface area contributed by atoms with Crippen LogP contribution < -0.4 is 5.32 Å². The first-order valence-corrected chi connectivity index (χ1v) is 11.2. The molecule has 1 aromatic carbocycles. The van der Waals surface area contributed by atoms with Crippen molar-refractivity contribution in [3.8, 4) is 0 Å². The Balaban J connectivity index is 2.14. The van der Waals surface area contributed by atoms with Gasteiger partial charge in [-0.15, -0.1) is 0 Å². The summed E-state index contributed by atoms with van der Waals surface area (Å²) in [4.78, 5) is 12.3. The molecule has 0 aliphatic carbocycles. The summed E-state index contributed by atoms with van der Waals surface area (Å²) in [6.45, 7) is 3.39. The topological polar surface area (TPSA) is 101 Å². The van der Waals surface area contributed by atoms with E-state index in [2.05, 4.69) is 5.32 Å². The van der Waals surface area contributed by atoms with Gasteiger partial charge in [-0.1, -0.05) is 17.7 Å². The molecule has 1 aliphatic heterocycles. The maximum atomic E-state index is 12.3. The molecule has 1 heterocycles. The van der Waals surface area contributed by atoms with Crippen LogP contribution in [0.5, 0.6) is 0 Å². The zero-order valence-corrected chi connectivity index (χ0v) is 15.6. The van der Waals surface area contributed by atoms with Crippen molar-refractivity contribution < 1.29 is 21.6 Å². The number of nitrogens with one attached hydrogen (secondary N) is 1. The smallest absolute Gasteiger partial charge is 0.239 e. The first-order valence-electron chi connectivity index (χ1n) is 7.52. The Morgan fingerprint density at radius 1 is 1.33 bits per heavy atom. The minimum absolute atomic E-state index is 0.0532. The maximum Gasteiger partial charge on any atom is 0.239 e. The van der Waals surface area contributed by atoms with E-state index < -0.39 is 38.4 Å². The summed E-state index contributed by atoms with van der Waals surface area (Å²) in [5.41, 5.74) is 2.54. The number of carbonyl (C=O) groups excluding carboxylic acids is 1. The number of sulfonamides is 1. The lowest BCUT2D eigenvalue weighted by Crippen LogP contribution is -2.44. The lowest BCUT2D eigenvalue weighted by molar-refractivity contribution is -0.116. The van der Waals surface area contributed by atoms with Crippen molar-refractivity contribution in [3.63, 3.8) is 0 Å². The largest absolute Gasteiger partial charge is 0.325 e. The zero-order chi connectivity index (χ0) is 18.1. The minimum atomic E-state index is -3.69. The van der Waals surface area contributed by atoms with Gasteiger partial charge in [0.2, 0.25) is 15.9 Å². The van der Waals surface area contributed by atoms with Gasteiger partial charge in [-0.2, -0.15) is 4.31 Å². The first-order chi connectivity index (χ1) is 11.0. The van der Waals surface area contributed by atoms with Gasteiger partial charge in [0.05, 0.1) is 24.3 Å². The van der Waals surface area contributed by atoms with Gasteiger partial charge in [-0.05, 0) is 31.9 Å². The molecule has 24 heavy (non-hydrogen) atoms. The van der Waals surface area contributed by atoms with E-state index in [0.29, 0.717) is 5.69 Å². The Labute approximate surface area is 143 Å². The van der Waals surface area contributed by atoms with Crippen molar-refractivity contribution in [3.05, 3.63) is 29.3 Å². The molecule has 0 saturated carbocycles. The van der Waals surface area contributed by atoms with E-state index in [4.69, 9.17) is 0 Å².